The molecule has 0 spiro atoms. The lowest BCUT2D eigenvalue weighted by Gasteiger charge is -2.12. The summed E-state index contributed by atoms with van der Waals surface area (Å²) in [7, 11) is 1.67. The van der Waals surface area contributed by atoms with Crippen molar-refractivity contribution in [2.24, 2.45) is 0 Å². The predicted octanol–water partition coefficient (Wildman–Crippen LogP) is 2.86. The van der Waals surface area contributed by atoms with Crippen LogP contribution in [0.5, 0.6) is 5.75 Å². The fraction of sp³-hybridized carbons (Fsp3) is 0.400. The fourth-order valence-electron chi connectivity index (χ4n) is 0.837. The maximum absolute atomic E-state index is 5.52. The third kappa shape index (κ3) is 3.36. The minimum atomic E-state index is 0.118. The Morgan fingerprint density at radius 2 is 2.08 bits per heavy atom. The van der Waals surface area contributed by atoms with Gasteiger partial charge in [-0.2, -0.15) is 0 Å². The van der Waals surface area contributed by atoms with Crippen molar-refractivity contribution in [1.82, 2.24) is 0 Å². The van der Waals surface area contributed by atoms with Gasteiger partial charge in [-0.05, 0) is 35.0 Å². The Hall–Kier alpha value is -0.540. The van der Waals surface area contributed by atoms with Crippen LogP contribution in [0.25, 0.3) is 0 Å². The molecular weight excluding hydrogens is 232 g/mol. The summed E-state index contributed by atoms with van der Waals surface area (Å²) >= 11 is 3.40. The first-order valence-corrected chi connectivity index (χ1v) is 4.93. The van der Waals surface area contributed by atoms with Crippen LogP contribution in [0.3, 0.4) is 0 Å². The summed E-state index contributed by atoms with van der Waals surface area (Å²) in [5, 5.41) is 0. The van der Waals surface area contributed by atoms with Crippen molar-refractivity contribution >= 4 is 15.9 Å². The summed E-state index contributed by atoms with van der Waals surface area (Å²) in [4.78, 5) is 0. The number of para-hydroxylation sites is 1. The quantitative estimate of drug-likeness (QED) is 0.812. The topological polar surface area (TPSA) is 18.5 Å². The molecule has 0 aromatic heterocycles. The van der Waals surface area contributed by atoms with Crippen LogP contribution in [-0.4, -0.2) is 19.8 Å². The summed E-state index contributed by atoms with van der Waals surface area (Å²) in [6.07, 6.45) is 0.118. The molecule has 0 radical (unpaired) electrons. The molecule has 1 rings (SSSR count). The second-order valence-corrected chi connectivity index (χ2v) is 3.64. The molecule has 0 bridgehead atoms. The lowest BCUT2D eigenvalue weighted by Crippen LogP contribution is -2.15. The van der Waals surface area contributed by atoms with E-state index in [0.717, 1.165) is 10.2 Å². The van der Waals surface area contributed by atoms with E-state index >= 15 is 0 Å². The van der Waals surface area contributed by atoms with Crippen molar-refractivity contribution in [2.75, 3.05) is 13.7 Å². The highest BCUT2D eigenvalue weighted by Crippen LogP contribution is 2.23. The fourth-order valence-corrected chi connectivity index (χ4v) is 1.24. The van der Waals surface area contributed by atoms with E-state index in [1.807, 2.05) is 31.2 Å². The molecule has 72 valence electrons. The van der Waals surface area contributed by atoms with Gasteiger partial charge in [-0.1, -0.05) is 12.1 Å². The van der Waals surface area contributed by atoms with Crippen LogP contribution in [0.1, 0.15) is 6.92 Å². The van der Waals surface area contributed by atoms with Gasteiger partial charge in [0.05, 0.1) is 10.6 Å². The zero-order chi connectivity index (χ0) is 9.68. The smallest absolute Gasteiger partial charge is 0.133 e. The highest BCUT2D eigenvalue weighted by molar-refractivity contribution is 9.10. The summed E-state index contributed by atoms with van der Waals surface area (Å²) in [5.41, 5.74) is 0. The highest BCUT2D eigenvalue weighted by Gasteiger charge is 2.02. The van der Waals surface area contributed by atoms with E-state index in [1.54, 1.807) is 7.11 Å². The Balaban J connectivity index is 2.50. The van der Waals surface area contributed by atoms with E-state index in [-0.39, 0.29) is 6.10 Å². The summed E-state index contributed by atoms with van der Waals surface area (Å²) in [6.45, 7) is 2.54. The molecule has 3 heteroatoms. The van der Waals surface area contributed by atoms with E-state index in [1.165, 1.54) is 0 Å². The minimum Gasteiger partial charge on any atom is -0.490 e. The Labute approximate surface area is 87.0 Å². The molecule has 0 heterocycles. The molecule has 0 saturated carbocycles. The average molecular weight is 245 g/mol. The minimum absolute atomic E-state index is 0.118. The van der Waals surface area contributed by atoms with Gasteiger partial charge in [-0.3, -0.25) is 0 Å². The standard InChI is InChI=1S/C10H13BrO2/c1-8(12-2)7-13-10-6-4-3-5-9(10)11/h3-6,8H,7H2,1-2H3. The van der Waals surface area contributed by atoms with Crippen LogP contribution in [0, 0.1) is 0 Å². The normalized spacial score (nSPS) is 12.5. The first kappa shape index (κ1) is 10.5. The van der Waals surface area contributed by atoms with Gasteiger partial charge < -0.3 is 9.47 Å². The molecule has 1 aromatic carbocycles. The number of rotatable bonds is 4. The van der Waals surface area contributed by atoms with Crippen molar-refractivity contribution in [2.45, 2.75) is 13.0 Å². The van der Waals surface area contributed by atoms with Crippen LogP contribution in [0.4, 0.5) is 0 Å². The predicted molar refractivity (Wildman–Crippen MR) is 56.1 cm³/mol. The van der Waals surface area contributed by atoms with Gasteiger partial charge in [0.25, 0.3) is 0 Å². The summed E-state index contributed by atoms with van der Waals surface area (Å²) in [5.74, 6) is 0.853. The Morgan fingerprint density at radius 1 is 1.38 bits per heavy atom. The SMILES string of the molecule is COC(C)COc1ccccc1Br. The molecule has 2 nitrogen and oxygen atoms in total. The molecule has 1 unspecified atom stereocenters. The van der Waals surface area contributed by atoms with Crippen LogP contribution >= 0.6 is 15.9 Å². The molecule has 0 amide bonds. The molecule has 0 aliphatic carbocycles. The average Bonchev–Trinajstić information content (AvgIpc) is 2.16. The molecule has 0 N–H and O–H groups in total. The van der Waals surface area contributed by atoms with Gasteiger partial charge >= 0.3 is 0 Å². The lowest BCUT2D eigenvalue weighted by molar-refractivity contribution is 0.0714. The number of methoxy groups -OCH3 is 1. The van der Waals surface area contributed by atoms with E-state index in [9.17, 15) is 0 Å². The van der Waals surface area contributed by atoms with Gasteiger partial charge in [0, 0.05) is 7.11 Å². The number of halogens is 1. The largest absolute Gasteiger partial charge is 0.490 e. The molecule has 0 aliphatic heterocycles. The zero-order valence-electron chi connectivity index (χ0n) is 7.79. The number of hydrogen-bond donors (Lipinski definition) is 0. The van der Waals surface area contributed by atoms with Gasteiger partial charge in [-0.15, -0.1) is 0 Å². The first-order chi connectivity index (χ1) is 6.24. The molecular formula is C10H13BrO2. The van der Waals surface area contributed by atoms with Gasteiger partial charge in [0.2, 0.25) is 0 Å². The third-order valence-corrected chi connectivity index (χ3v) is 2.37. The Bertz CT molecular complexity index is 263. The molecule has 0 fully saturated rings. The van der Waals surface area contributed by atoms with Gasteiger partial charge in [0.1, 0.15) is 12.4 Å². The Kier molecular flexibility index (Phi) is 4.25. The molecule has 1 aromatic rings. The van der Waals surface area contributed by atoms with Gasteiger partial charge in [0.15, 0.2) is 0 Å². The van der Waals surface area contributed by atoms with Crippen molar-refractivity contribution in [1.29, 1.82) is 0 Å². The van der Waals surface area contributed by atoms with Crippen LogP contribution < -0.4 is 4.74 Å². The monoisotopic (exact) mass is 244 g/mol. The zero-order valence-corrected chi connectivity index (χ0v) is 9.37. The van der Waals surface area contributed by atoms with Crippen LogP contribution in [0.2, 0.25) is 0 Å². The van der Waals surface area contributed by atoms with E-state index in [2.05, 4.69) is 15.9 Å². The second kappa shape index (κ2) is 5.25. The van der Waals surface area contributed by atoms with E-state index < -0.39 is 0 Å². The maximum atomic E-state index is 5.52. The summed E-state index contributed by atoms with van der Waals surface area (Å²) < 4.78 is 11.6. The molecule has 13 heavy (non-hydrogen) atoms. The van der Waals surface area contributed by atoms with E-state index in [4.69, 9.17) is 9.47 Å². The number of hydrogen-bond acceptors (Lipinski definition) is 2. The molecule has 0 saturated heterocycles. The van der Waals surface area contributed by atoms with Crippen molar-refractivity contribution < 1.29 is 9.47 Å². The van der Waals surface area contributed by atoms with Crippen molar-refractivity contribution in [3.8, 4) is 5.75 Å². The first-order valence-electron chi connectivity index (χ1n) is 4.14. The summed E-state index contributed by atoms with van der Waals surface area (Å²) in [6, 6.07) is 7.77. The molecule has 0 aliphatic rings. The second-order valence-electron chi connectivity index (χ2n) is 2.79. The van der Waals surface area contributed by atoms with Gasteiger partial charge in [-0.25, -0.2) is 0 Å². The number of benzene rings is 1. The highest BCUT2D eigenvalue weighted by atomic mass is 79.9. The van der Waals surface area contributed by atoms with E-state index in [0.29, 0.717) is 6.61 Å². The number of ether oxygens (including phenoxy) is 2. The maximum Gasteiger partial charge on any atom is 0.133 e. The third-order valence-electron chi connectivity index (χ3n) is 1.71. The van der Waals surface area contributed by atoms with Crippen molar-refractivity contribution in [3.05, 3.63) is 28.7 Å². The van der Waals surface area contributed by atoms with Crippen LogP contribution in [0.15, 0.2) is 28.7 Å². The molecule has 1 atom stereocenters. The Morgan fingerprint density at radius 3 is 2.69 bits per heavy atom. The van der Waals surface area contributed by atoms with Crippen LogP contribution in [-0.2, 0) is 4.74 Å². The van der Waals surface area contributed by atoms with Crippen molar-refractivity contribution in [3.63, 3.8) is 0 Å². The lowest BCUT2D eigenvalue weighted by atomic mass is 10.3.